The molecule has 11 rings (SSSR count). The first kappa shape index (κ1) is 71.0. The Morgan fingerprint density at radius 3 is 0.761 bits per heavy atom. The topological polar surface area (TPSA) is 0 Å². The smallest absolute Gasteiger partial charge is 0.0441 e. The third-order valence-electron chi connectivity index (χ3n) is 15.8. The first-order valence-corrected chi connectivity index (χ1v) is 31.7. The van der Waals surface area contributed by atoms with Crippen molar-refractivity contribution >= 4 is 34.0 Å². The van der Waals surface area contributed by atoms with E-state index in [1.165, 1.54) is 111 Å². The lowest BCUT2D eigenvalue weighted by Gasteiger charge is -2.24. The molecular weight excluding hydrogens is 1100 g/mol. The molecule has 11 aromatic rings. The molecular formula is C86H98Cl2. The third-order valence-corrected chi connectivity index (χ3v) is 16.6. The lowest BCUT2D eigenvalue weighted by molar-refractivity contribution is 0.568. The Kier molecular flexibility index (Phi) is 27.1. The van der Waals surface area contributed by atoms with Gasteiger partial charge in [0.1, 0.15) is 0 Å². The van der Waals surface area contributed by atoms with Crippen LogP contribution in [0.2, 0.25) is 10.0 Å². The molecule has 0 bridgehead atoms. The molecule has 0 fully saturated rings. The molecule has 0 atom stereocenters. The quantitative estimate of drug-likeness (QED) is 0.165. The molecule has 0 spiro atoms. The molecule has 0 aliphatic rings. The average Bonchev–Trinajstić information content (AvgIpc) is 2.22. The van der Waals surface area contributed by atoms with Gasteiger partial charge in [-0.3, -0.25) is 0 Å². The van der Waals surface area contributed by atoms with Crippen LogP contribution in [0.5, 0.6) is 0 Å². The van der Waals surface area contributed by atoms with Gasteiger partial charge in [-0.1, -0.05) is 317 Å². The molecule has 0 nitrogen and oxygen atoms in total. The Morgan fingerprint density at radius 1 is 0.205 bits per heavy atom. The summed E-state index contributed by atoms with van der Waals surface area (Å²) in [5.41, 5.74) is 29.0. The Bertz CT molecular complexity index is 3600. The predicted octanol–water partition coefficient (Wildman–Crippen LogP) is 26.2. The fourth-order valence-corrected chi connectivity index (χ4v) is 9.76. The van der Waals surface area contributed by atoms with Crippen molar-refractivity contribution in [1.29, 1.82) is 0 Å². The Balaban J connectivity index is 0.000000189. The fraction of sp³-hybridized carbons (Fsp3) is 0.256. The third kappa shape index (κ3) is 23.1. The van der Waals surface area contributed by atoms with Crippen LogP contribution in [0.3, 0.4) is 0 Å². The van der Waals surface area contributed by atoms with E-state index >= 15 is 0 Å². The van der Waals surface area contributed by atoms with Gasteiger partial charge in [-0.15, -0.1) is 0 Å². The van der Waals surface area contributed by atoms with Gasteiger partial charge < -0.3 is 0 Å². The predicted molar refractivity (Wildman–Crippen MR) is 393 cm³/mol. The van der Waals surface area contributed by atoms with Crippen molar-refractivity contribution in [1.82, 2.24) is 0 Å². The molecule has 0 N–H and O–H groups in total. The molecule has 0 aromatic heterocycles. The Morgan fingerprint density at radius 2 is 0.477 bits per heavy atom. The van der Waals surface area contributed by atoms with Crippen molar-refractivity contribution in [3.63, 3.8) is 0 Å². The zero-order valence-corrected chi connectivity index (χ0v) is 58.2. The van der Waals surface area contributed by atoms with Crippen LogP contribution in [-0.4, -0.2) is 0 Å². The second kappa shape index (κ2) is 33.6. The SMILES string of the molecule is CC(C)(C)c1cccc(C(C)(C)C)c1.Cc1ccc(-c2ccc(C)c(C)c2)cc1C.Cc1ccc(-c2ccc(C)c(Cl)c2)cc1Cl.Cc1ccc(-c2ccc(C)cc2)cc1.Cc1ccc(C)cc1.Cc1cccc(C)c1.Cc1cccc2c(C)cccc12. The summed E-state index contributed by atoms with van der Waals surface area (Å²) in [6.45, 7) is 43.1. The minimum Gasteiger partial charge on any atom is -0.0840 e. The highest BCUT2D eigenvalue weighted by Crippen LogP contribution is 2.31. The van der Waals surface area contributed by atoms with Gasteiger partial charge in [0.25, 0.3) is 0 Å². The number of benzene rings is 11. The van der Waals surface area contributed by atoms with Crippen molar-refractivity contribution in [2.75, 3.05) is 0 Å². The maximum Gasteiger partial charge on any atom is 0.0441 e. The van der Waals surface area contributed by atoms with Gasteiger partial charge in [0, 0.05) is 10.0 Å². The van der Waals surface area contributed by atoms with Crippen molar-refractivity contribution in [3.05, 3.63) is 330 Å². The molecule has 0 unspecified atom stereocenters. The minimum absolute atomic E-state index is 0.251. The molecule has 0 amide bonds. The van der Waals surface area contributed by atoms with Gasteiger partial charge in [-0.05, 0) is 220 Å². The first-order chi connectivity index (χ1) is 41.5. The molecule has 0 radical (unpaired) electrons. The summed E-state index contributed by atoms with van der Waals surface area (Å²) in [6, 6.07) is 81.4. The molecule has 11 aromatic carbocycles. The van der Waals surface area contributed by atoms with Gasteiger partial charge in [-0.2, -0.15) is 0 Å². The zero-order chi connectivity index (χ0) is 64.9. The van der Waals surface area contributed by atoms with Crippen LogP contribution in [-0.2, 0) is 10.8 Å². The van der Waals surface area contributed by atoms with Crippen LogP contribution in [0.15, 0.2) is 231 Å². The van der Waals surface area contributed by atoms with E-state index in [9.17, 15) is 0 Å². The molecule has 0 aliphatic heterocycles. The van der Waals surface area contributed by atoms with Gasteiger partial charge >= 0.3 is 0 Å². The van der Waals surface area contributed by atoms with E-state index in [-0.39, 0.29) is 10.8 Å². The molecule has 2 heteroatoms. The zero-order valence-electron chi connectivity index (χ0n) is 56.7. The van der Waals surface area contributed by atoms with Crippen molar-refractivity contribution in [2.45, 2.75) is 149 Å². The minimum atomic E-state index is 0.251. The molecule has 88 heavy (non-hydrogen) atoms. The standard InChI is InChI=1S/C16H18.C14H12Cl2.C14H14.C14H22.C12H12.2C8H10/c1-11-5-7-15(9-13(11)3)16-8-6-12(2)14(4)10-16;1-9-3-5-11(7-13(9)15)12-6-4-10(2)14(16)8-12;1-11-3-7-13(8-4-11)14-9-5-12(2)6-10-14;1-13(2,3)11-8-7-9-12(10-11)14(4,5)6;1-9-5-3-8-12-10(2)6-4-7-11(9)12;1-7-3-5-8(2)6-4-7;1-7-4-3-5-8(2)6-7/h5-10H,1-4H3;3-8H,1-2H3;3-10H,1-2H3;7-10H,1-6H3;3-8H,1-2H3;2*3-6H,1-2H3. The van der Waals surface area contributed by atoms with Crippen molar-refractivity contribution < 1.29 is 0 Å². The summed E-state index contributed by atoms with van der Waals surface area (Å²) in [4.78, 5) is 0. The number of hydrogen-bond donors (Lipinski definition) is 0. The van der Waals surface area contributed by atoms with Crippen LogP contribution >= 0.6 is 23.2 Å². The van der Waals surface area contributed by atoms with E-state index in [2.05, 4.69) is 331 Å². The number of hydrogen-bond acceptors (Lipinski definition) is 0. The summed E-state index contributed by atoms with van der Waals surface area (Å²) < 4.78 is 0. The van der Waals surface area contributed by atoms with Crippen LogP contribution < -0.4 is 0 Å². The number of fused-ring (bicyclic) bond motifs is 1. The van der Waals surface area contributed by atoms with Gasteiger partial charge in [0.2, 0.25) is 0 Å². The van der Waals surface area contributed by atoms with E-state index in [0.29, 0.717) is 0 Å². The Labute approximate surface area is 542 Å². The summed E-state index contributed by atoms with van der Waals surface area (Å²) in [6.07, 6.45) is 0. The highest BCUT2D eigenvalue weighted by molar-refractivity contribution is 6.32. The largest absolute Gasteiger partial charge is 0.0840 e. The maximum atomic E-state index is 6.10. The van der Waals surface area contributed by atoms with E-state index in [1.54, 1.807) is 0 Å². The molecule has 0 saturated heterocycles. The van der Waals surface area contributed by atoms with Gasteiger partial charge in [0.15, 0.2) is 0 Å². The molecule has 0 heterocycles. The van der Waals surface area contributed by atoms with Gasteiger partial charge in [0.05, 0.1) is 0 Å². The van der Waals surface area contributed by atoms with Crippen molar-refractivity contribution in [3.8, 4) is 33.4 Å². The summed E-state index contributed by atoms with van der Waals surface area (Å²) in [5.74, 6) is 0. The first-order valence-electron chi connectivity index (χ1n) is 30.9. The summed E-state index contributed by atoms with van der Waals surface area (Å²) in [5, 5.41) is 4.32. The second-order valence-electron chi connectivity index (χ2n) is 25.9. The lowest BCUT2D eigenvalue weighted by Crippen LogP contribution is -2.15. The number of halogens is 2. The average molecular weight is 1200 g/mol. The summed E-state index contributed by atoms with van der Waals surface area (Å²) in [7, 11) is 0. The van der Waals surface area contributed by atoms with E-state index in [4.69, 9.17) is 23.2 Å². The molecule has 0 saturated carbocycles. The number of rotatable bonds is 3. The fourth-order valence-electron chi connectivity index (χ4n) is 9.40. The number of aryl methyl sites for hydroxylation is 14. The van der Waals surface area contributed by atoms with E-state index < -0.39 is 0 Å². The van der Waals surface area contributed by atoms with E-state index in [0.717, 1.165) is 32.3 Å². The maximum absolute atomic E-state index is 6.10. The summed E-state index contributed by atoms with van der Waals surface area (Å²) >= 11 is 12.2. The highest BCUT2D eigenvalue weighted by Gasteiger charge is 2.18. The van der Waals surface area contributed by atoms with Crippen LogP contribution in [0, 0.1) is 96.9 Å². The van der Waals surface area contributed by atoms with Crippen LogP contribution in [0.4, 0.5) is 0 Å². The van der Waals surface area contributed by atoms with Crippen LogP contribution in [0.25, 0.3) is 44.2 Å². The monoisotopic (exact) mass is 1200 g/mol. The lowest BCUT2D eigenvalue weighted by atomic mass is 9.81. The van der Waals surface area contributed by atoms with E-state index in [1.807, 2.05) is 38.1 Å². The normalized spacial score (nSPS) is 10.6. The Hall–Kier alpha value is -7.74. The van der Waals surface area contributed by atoms with Crippen LogP contribution in [0.1, 0.15) is 131 Å². The van der Waals surface area contributed by atoms with Crippen molar-refractivity contribution in [2.24, 2.45) is 0 Å². The highest BCUT2D eigenvalue weighted by atomic mass is 35.5. The molecule has 456 valence electrons. The molecule has 0 aliphatic carbocycles. The van der Waals surface area contributed by atoms with Gasteiger partial charge in [-0.25, -0.2) is 0 Å². The second-order valence-corrected chi connectivity index (χ2v) is 26.7.